The van der Waals surface area contributed by atoms with E-state index in [1.807, 2.05) is 0 Å². The van der Waals surface area contributed by atoms with Crippen LogP contribution in [0, 0.1) is 6.92 Å². The van der Waals surface area contributed by atoms with Gasteiger partial charge in [0.15, 0.2) is 0 Å². The van der Waals surface area contributed by atoms with E-state index in [-0.39, 0.29) is 17.2 Å². The Morgan fingerprint density at radius 3 is 2.62 bits per heavy atom. The maximum atomic E-state index is 12.9. The van der Waals surface area contributed by atoms with E-state index in [1.165, 1.54) is 25.3 Å². The fourth-order valence-corrected chi connectivity index (χ4v) is 1.96. The molecule has 0 fully saturated rings. The first-order valence-corrected chi connectivity index (χ1v) is 6.54. The van der Waals surface area contributed by atoms with Crippen molar-refractivity contribution in [2.45, 2.75) is 13.1 Å². The van der Waals surface area contributed by atoms with Crippen molar-refractivity contribution >= 4 is 33.4 Å². The molecule has 0 aliphatic carbocycles. The van der Waals surface area contributed by atoms with Crippen LogP contribution in [0.15, 0.2) is 28.9 Å². The number of nitrogens with zero attached hydrogens (tertiary/aromatic N) is 2. The van der Waals surface area contributed by atoms with Crippen LogP contribution in [0.2, 0.25) is 0 Å². The molecule has 0 saturated heterocycles. The Labute approximate surface area is 126 Å². The van der Waals surface area contributed by atoms with Crippen molar-refractivity contribution in [1.82, 2.24) is 9.97 Å². The van der Waals surface area contributed by atoms with Gasteiger partial charge in [-0.05, 0) is 40.5 Å². The Morgan fingerprint density at radius 2 is 2.00 bits per heavy atom. The first-order valence-electron chi connectivity index (χ1n) is 5.75. The highest BCUT2D eigenvalue weighted by molar-refractivity contribution is 9.10. The Balaban J connectivity index is 2.36. The van der Waals surface area contributed by atoms with Crippen molar-refractivity contribution in [3.8, 4) is 0 Å². The van der Waals surface area contributed by atoms with Crippen LogP contribution in [0.4, 0.5) is 30.6 Å². The van der Waals surface area contributed by atoms with Gasteiger partial charge in [0.05, 0.1) is 10.0 Å². The van der Waals surface area contributed by atoms with Crippen molar-refractivity contribution in [3.63, 3.8) is 0 Å². The molecular weight excluding hydrogens is 351 g/mol. The predicted octanol–water partition coefficient (Wildman–Crippen LogP) is 3.60. The number of aryl methyl sites for hydroxylation is 1. The molecule has 0 aliphatic rings. The molecule has 9 heteroatoms. The molecule has 2 aromatic rings. The molecule has 0 atom stereocenters. The number of benzene rings is 1. The maximum Gasteiger partial charge on any atom is 0.416 e. The van der Waals surface area contributed by atoms with Gasteiger partial charge in [-0.25, -0.2) is 10.8 Å². The van der Waals surface area contributed by atoms with Crippen molar-refractivity contribution in [3.05, 3.63) is 40.0 Å². The molecular formula is C12H11BrF3N5. The summed E-state index contributed by atoms with van der Waals surface area (Å²) in [5, 5.41) is 2.79. The van der Waals surface area contributed by atoms with Gasteiger partial charge in [0, 0.05) is 11.9 Å². The summed E-state index contributed by atoms with van der Waals surface area (Å²) >= 11 is 3.21. The molecule has 1 aromatic carbocycles. The minimum absolute atomic E-state index is 0.142. The van der Waals surface area contributed by atoms with Gasteiger partial charge in [0.1, 0.15) is 5.82 Å². The summed E-state index contributed by atoms with van der Waals surface area (Å²) in [6.07, 6.45) is -2.97. The van der Waals surface area contributed by atoms with E-state index < -0.39 is 11.7 Å². The smallest absolute Gasteiger partial charge is 0.339 e. The third kappa shape index (κ3) is 3.61. The van der Waals surface area contributed by atoms with E-state index in [0.717, 1.165) is 6.07 Å². The number of nitrogens with one attached hydrogen (secondary N) is 2. The fraction of sp³-hybridized carbons (Fsp3) is 0.167. The number of rotatable bonds is 3. The third-order valence-electron chi connectivity index (χ3n) is 2.68. The first-order chi connectivity index (χ1) is 9.81. The Morgan fingerprint density at radius 1 is 1.29 bits per heavy atom. The largest absolute Gasteiger partial charge is 0.416 e. The molecule has 1 heterocycles. The number of alkyl halides is 3. The molecule has 2 rings (SSSR count). The van der Waals surface area contributed by atoms with E-state index >= 15 is 0 Å². The lowest BCUT2D eigenvalue weighted by molar-refractivity contribution is -0.138. The minimum Gasteiger partial charge on any atom is -0.339 e. The number of halogens is 4. The zero-order valence-electron chi connectivity index (χ0n) is 10.8. The van der Waals surface area contributed by atoms with Gasteiger partial charge >= 0.3 is 6.18 Å². The van der Waals surface area contributed by atoms with Gasteiger partial charge in [-0.1, -0.05) is 6.07 Å². The lowest BCUT2D eigenvalue weighted by atomic mass is 10.1. The van der Waals surface area contributed by atoms with E-state index in [0.29, 0.717) is 10.3 Å². The molecule has 0 radical (unpaired) electrons. The molecule has 0 bridgehead atoms. The number of aromatic nitrogens is 2. The number of nitrogens with two attached hydrogens (primary N) is 1. The second kappa shape index (κ2) is 5.86. The molecule has 0 aliphatic heterocycles. The molecule has 0 unspecified atom stereocenters. The average Bonchev–Trinajstić information content (AvgIpc) is 2.42. The highest BCUT2D eigenvalue weighted by Crippen LogP contribution is 2.34. The van der Waals surface area contributed by atoms with Gasteiger partial charge in [-0.15, -0.1) is 0 Å². The first kappa shape index (κ1) is 15.5. The van der Waals surface area contributed by atoms with Crippen LogP contribution in [0.5, 0.6) is 0 Å². The maximum absolute atomic E-state index is 12.9. The number of nitrogen functional groups attached to an aromatic ring is 1. The Kier molecular flexibility index (Phi) is 4.33. The fourth-order valence-electron chi connectivity index (χ4n) is 1.67. The summed E-state index contributed by atoms with van der Waals surface area (Å²) in [4.78, 5) is 7.87. The van der Waals surface area contributed by atoms with Gasteiger partial charge < -0.3 is 5.32 Å². The van der Waals surface area contributed by atoms with Gasteiger partial charge in [0.2, 0.25) is 5.95 Å². The van der Waals surface area contributed by atoms with Crippen molar-refractivity contribution in [2.24, 2.45) is 5.84 Å². The number of hydrazine groups is 1. The van der Waals surface area contributed by atoms with Gasteiger partial charge in [0.25, 0.3) is 0 Å². The van der Waals surface area contributed by atoms with Crippen LogP contribution in [0.3, 0.4) is 0 Å². The summed E-state index contributed by atoms with van der Waals surface area (Å²) in [6, 6.07) is 3.95. The highest BCUT2D eigenvalue weighted by Gasteiger charge is 2.32. The second-order valence-electron chi connectivity index (χ2n) is 4.19. The number of hydrogen-bond acceptors (Lipinski definition) is 5. The Hall–Kier alpha value is -1.87. The lowest BCUT2D eigenvalue weighted by Gasteiger charge is -2.14. The minimum atomic E-state index is -4.41. The SMILES string of the molecule is Cc1ccc(Nc2nc(NN)ncc2Br)cc1C(F)(F)F. The van der Waals surface area contributed by atoms with E-state index in [9.17, 15) is 13.2 Å². The van der Waals surface area contributed by atoms with Gasteiger partial charge in [-0.2, -0.15) is 18.2 Å². The van der Waals surface area contributed by atoms with Crippen LogP contribution >= 0.6 is 15.9 Å². The summed E-state index contributed by atoms with van der Waals surface area (Å²) in [5.74, 6) is 5.64. The van der Waals surface area contributed by atoms with Crippen LogP contribution < -0.4 is 16.6 Å². The second-order valence-corrected chi connectivity index (χ2v) is 5.04. The molecule has 21 heavy (non-hydrogen) atoms. The molecule has 0 spiro atoms. The summed E-state index contributed by atoms with van der Waals surface area (Å²) in [6.45, 7) is 1.41. The summed E-state index contributed by atoms with van der Waals surface area (Å²) < 4.78 is 39.1. The predicted molar refractivity (Wildman–Crippen MR) is 77.0 cm³/mol. The van der Waals surface area contributed by atoms with E-state index in [1.54, 1.807) is 0 Å². The van der Waals surface area contributed by atoms with Gasteiger partial charge in [-0.3, -0.25) is 5.43 Å². The number of anilines is 3. The lowest BCUT2D eigenvalue weighted by Crippen LogP contribution is -2.11. The van der Waals surface area contributed by atoms with Crippen LogP contribution in [0.25, 0.3) is 0 Å². The molecule has 0 saturated carbocycles. The van der Waals surface area contributed by atoms with Crippen molar-refractivity contribution in [2.75, 3.05) is 10.7 Å². The monoisotopic (exact) mass is 361 g/mol. The standard InChI is InChI=1S/C12H11BrF3N5/c1-6-2-3-7(4-8(6)12(14,15)16)19-10-9(13)5-18-11(20-10)21-17/h2-5H,17H2,1H3,(H2,18,19,20,21). The van der Waals surface area contributed by atoms with Crippen LogP contribution in [-0.4, -0.2) is 9.97 Å². The molecule has 4 N–H and O–H groups in total. The molecule has 112 valence electrons. The van der Waals surface area contributed by atoms with E-state index in [4.69, 9.17) is 5.84 Å². The Bertz CT molecular complexity index is 660. The number of hydrogen-bond donors (Lipinski definition) is 3. The molecule has 5 nitrogen and oxygen atoms in total. The zero-order valence-corrected chi connectivity index (χ0v) is 12.4. The molecule has 0 amide bonds. The van der Waals surface area contributed by atoms with Crippen molar-refractivity contribution < 1.29 is 13.2 Å². The summed E-state index contributed by atoms with van der Waals surface area (Å²) in [5.41, 5.74) is 1.97. The zero-order chi connectivity index (χ0) is 15.6. The third-order valence-corrected chi connectivity index (χ3v) is 3.26. The van der Waals surface area contributed by atoms with Crippen LogP contribution in [-0.2, 0) is 6.18 Å². The van der Waals surface area contributed by atoms with Crippen LogP contribution in [0.1, 0.15) is 11.1 Å². The summed E-state index contributed by atoms with van der Waals surface area (Å²) in [7, 11) is 0. The normalized spacial score (nSPS) is 11.3. The average molecular weight is 362 g/mol. The van der Waals surface area contributed by atoms with E-state index in [2.05, 4.69) is 36.6 Å². The topological polar surface area (TPSA) is 75.9 Å². The quantitative estimate of drug-likeness (QED) is 0.575. The molecule has 1 aromatic heterocycles. The highest BCUT2D eigenvalue weighted by atomic mass is 79.9. The van der Waals surface area contributed by atoms with Crippen molar-refractivity contribution in [1.29, 1.82) is 0 Å².